The molecule has 0 radical (unpaired) electrons. The van der Waals surface area contributed by atoms with Crippen LogP contribution in [0.4, 0.5) is 0 Å². The van der Waals surface area contributed by atoms with Crippen molar-refractivity contribution in [1.82, 2.24) is 0 Å². The molecular formula is C14H12O2. The largest absolute Gasteiger partial charge is 0.385 e. The number of benzene rings is 2. The fourth-order valence-electron chi connectivity index (χ4n) is 2.34. The van der Waals surface area contributed by atoms with Crippen molar-refractivity contribution in [3.05, 3.63) is 59.7 Å². The maximum Gasteiger partial charge on any atom is 0.110 e. The minimum Gasteiger partial charge on any atom is -0.385 e. The van der Waals surface area contributed by atoms with Crippen LogP contribution in [0.3, 0.4) is 0 Å². The van der Waals surface area contributed by atoms with Crippen LogP contribution in [-0.4, -0.2) is 10.2 Å². The van der Waals surface area contributed by atoms with Crippen molar-refractivity contribution in [2.24, 2.45) is 0 Å². The first-order valence-corrected chi connectivity index (χ1v) is 5.33. The Hall–Kier alpha value is -1.64. The maximum absolute atomic E-state index is 10.0. The fourth-order valence-corrected chi connectivity index (χ4v) is 2.34. The van der Waals surface area contributed by atoms with E-state index in [1.165, 1.54) is 0 Å². The zero-order chi connectivity index (χ0) is 11.1. The Morgan fingerprint density at radius 3 is 1.44 bits per heavy atom. The molecule has 0 aliphatic heterocycles. The first kappa shape index (κ1) is 9.58. The summed E-state index contributed by atoms with van der Waals surface area (Å²) in [5.74, 6) is 0. The van der Waals surface area contributed by atoms with E-state index in [9.17, 15) is 10.2 Å². The molecule has 2 nitrogen and oxygen atoms in total. The zero-order valence-corrected chi connectivity index (χ0v) is 8.67. The van der Waals surface area contributed by atoms with Crippen molar-refractivity contribution in [3.63, 3.8) is 0 Å². The molecule has 2 aromatic rings. The number of hydrogen-bond acceptors (Lipinski definition) is 2. The number of rotatable bonds is 0. The van der Waals surface area contributed by atoms with Crippen LogP contribution in [0, 0.1) is 0 Å². The summed E-state index contributed by atoms with van der Waals surface area (Å²) in [7, 11) is 0. The molecule has 16 heavy (non-hydrogen) atoms. The molecule has 1 aliphatic carbocycles. The molecule has 0 bridgehead atoms. The van der Waals surface area contributed by atoms with Crippen LogP contribution in [0.25, 0.3) is 11.1 Å². The quantitative estimate of drug-likeness (QED) is 0.704. The van der Waals surface area contributed by atoms with Gasteiger partial charge in [-0.25, -0.2) is 0 Å². The smallest absolute Gasteiger partial charge is 0.110 e. The highest BCUT2D eigenvalue weighted by Crippen LogP contribution is 2.43. The molecule has 0 saturated heterocycles. The highest BCUT2D eigenvalue weighted by Gasteiger charge is 2.30. The van der Waals surface area contributed by atoms with E-state index in [-0.39, 0.29) is 0 Å². The summed E-state index contributed by atoms with van der Waals surface area (Å²) < 4.78 is 0. The van der Waals surface area contributed by atoms with Crippen LogP contribution in [0.5, 0.6) is 0 Å². The van der Waals surface area contributed by atoms with E-state index in [2.05, 4.69) is 0 Å². The lowest BCUT2D eigenvalue weighted by Gasteiger charge is -2.28. The Morgan fingerprint density at radius 2 is 1.00 bits per heavy atom. The summed E-state index contributed by atoms with van der Waals surface area (Å²) in [5, 5.41) is 20.1. The number of aliphatic hydroxyl groups excluding tert-OH is 2. The average Bonchev–Trinajstić information content (AvgIpc) is 2.36. The summed E-state index contributed by atoms with van der Waals surface area (Å²) in [4.78, 5) is 0. The SMILES string of the molecule is O[C@H]1c2ccccc2-c2ccccc2[C@@H]1O. The third-order valence-electron chi connectivity index (χ3n) is 3.15. The Balaban J connectivity index is 2.33. The van der Waals surface area contributed by atoms with Gasteiger partial charge in [0.1, 0.15) is 12.2 Å². The molecule has 1 aliphatic rings. The molecule has 80 valence electrons. The van der Waals surface area contributed by atoms with Crippen molar-refractivity contribution in [2.75, 3.05) is 0 Å². The first-order valence-electron chi connectivity index (χ1n) is 5.33. The normalized spacial score (nSPS) is 22.4. The van der Waals surface area contributed by atoms with Crippen molar-refractivity contribution in [1.29, 1.82) is 0 Å². The van der Waals surface area contributed by atoms with Crippen molar-refractivity contribution in [3.8, 4) is 11.1 Å². The van der Waals surface area contributed by atoms with E-state index < -0.39 is 12.2 Å². The lowest BCUT2D eigenvalue weighted by Crippen LogP contribution is -2.16. The molecule has 2 N–H and O–H groups in total. The van der Waals surface area contributed by atoms with Gasteiger partial charge in [0, 0.05) is 0 Å². The monoisotopic (exact) mass is 212 g/mol. The van der Waals surface area contributed by atoms with Crippen LogP contribution in [0.15, 0.2) is 48.5 Å². The standard InChI is InChI=1S/C14H12O2/c15-13-11-7-3-1-5-9(11)10-6-2-4-8-12(10)14(13)16/h1-8,13-16H/t13-,14-/m0/s1. The third-order valence-corrected chi connectivity index (χ3v) is 3.15. The molecule has 3 rings (SSSR count). The zero-order valence-electron chi connectivity index (χ0n) is 8.67. The van der Waals surface area contributed by atoms with E-state index >= 15 is 0 Å². The minimum absolute atomic E-state index is 0.800. The molecule has 2 heteroatoms. The van der Waals surface area contributed by atoms with Gasteiger partial charge >= 0.3 is 0 Å². The van der Waals surface area contributed by atoms with Crippen LogP contribution < -0.4 is 0 Å². The lowest BCUT2D eigenvalue weighted by atomic mass is 9.82. The molecule has 2 aromatic carbocycles. The number of fused-ring (bicyclic) bond motifs is 3. The fraction of sp³-hybridized carbons (Fsp3) is 0.143. The van der Waals surface area contributed by atoms with Gasteiger partial charge < -0.3 is 10.2 Å². The third kappa shape index (κ3) is 1.21. The summed E-state index contributed by atoms with van der Waals surface area (Å²) >= 11 is 0. The number of hydrogen-bond donors (Lipinski definition) is 2. The molecule has 2 atom stereocenters. The first-order chi connectivity index (χ1) is 7.79. The predicted octanol–water partition coefficient (Wildman–Crippen LogP) is 2.43. The van der Waals surface area contributed by atoms with Crippen molar-refractivity contribution in [2.45, 2.75) is 12.2 Å². The van der Waals surface area contributed by atoms with Gasteiger partial charge in [-0.1, -0.05) is 48.5 Å². The average molecular weight is 212 g/mol. The van der Waals surface area contributed by atoms with Gasteiger partial charge in [0.2, 0.25) is 0 Å². The van der Waals surface area contributed by atoms with E-state index in [1.54, 1.807) is 0 Å². The lowest BCUT2D eigenvalue weighted by molar-refractivity contribution is 0.0158. The molecule has 0 heterocycles. The second-order valence-electron chi connectivity index (χ2n) is 4.06. The van der Waals surface area contributed by atoms with Gasteiger partial charge in [0.25, 0.3) is 0 Å². The Labute approximate surface area is 93.8 Å². The molecule has 0 aromatic heterocycles. The highest BCUT2D eigenvalue weighted by molar-refractivity contribution is 5.74. The predicted molar refractivity (Wildman–Crippen MR) is 61.8 cm³/mol. The summed E-state index contributed by atoms with van der Waals surface area (Å²) in [5.41, 5.74) is 3.62. The van der Waals surface area contributed by atoms with Crippen LogP contribution in [0.2, 0.25) is 0 Å². The van der Waals surface area contributed by atoms with Gasteiger partial charge in [-0.3, -0.25) is 0 Å². The summed E-state index contributed by atoms with van der Waals surface area (Å²) in [6, 6.07) is 15.3. The topological polar surface area (TPSA) is 40.5 Å². The minimum atomic E-state index is -0.828. The Kier molecular flexibility index (Phi) is 2.06. The van der Waals surface area contributed by atoms with Crippen LogP contribution in [-0.2, 0) is 0 Å². The Morgan fingerprint density at radius 1 is 0.625 bits per heavy atom. The van der Waals surface area contributed by atoms with E-state index in [0.29, 0.717) is 0 Å². The molecule has 0 fully saturated rings. The summed E-state index contributed by atoms with van der Waals surface area (Å²) in [6.45, 7) is 0. The molecule has 0 amide bonds. The number of aliphatic hydroxyl groups is 2. The highest BCUT2D eigenvalue weighted by atomic mass is 16.3. The van der Waals surface area contributed by atoms with Gasteiger partial charge in [0.15, 0.2) is 0 Å². The molecule has 0 spiro atoms. The van der Waals surface area contributed by atoms with Gasteiger partial charge in [0.05, 0.1) is 0 Å². The van der Waals surface area contributed by atoms with E-state index in [1.807, 2.05) is 48.5 Å². The second-order valence-corrected chi connectivity index (χ2v) is 4.06. The van der Waals surface area contributed by atoms with Crippen molar-refractivity contribution < 1.29 is 10.2 Å². The van der Waals surface area contributed by atoms with E-state index in [0.717, 1.165) is 22.3 Å². The van der Waals surface area contributed by atoms with Crippen LogP contribution in [0.1, 0.15) is 23.3 Å². The Bertz CT molecular complexity index is 484. The van der Waals surface area contributed by atoms with Gasteiger partial charge in [-0.15, -0.1) is 0 Å². The molecule has 0 saturated carbocycles. The summed E-state index contributed by atoms with van der Waals surface area (Å²) in [6.07, 6.45) is -1.66. The van der Waals surface area contributed by atoms with Gasteiger partial charge in [-0.05, 0) is 22.3 Å². The van der Waals surface area contributed by atoms with Gasteiger partial charge in [-0.2, -0.15) is 0 Å². The maximum atomic E-state index is 10.0. The molecular weight excluding hydrogens is 200 g/mol. The van der Waals surface area contributed by atoms with E-state index in [4.69, 9.17) is 0 Å². The molecule has 0 unspecified atom stereocenters. The van der Waals surface area contributed by atoms with Crippen molar-refractivity contribution >= 4 is 0 Å². The van der Waals surface area contributed by atoms with Crippen LogP contribution >= 0.6 is 0 Å². The second kappa shape index (κ2) is 3.44.